The molecule has 0 aliphatic carbocycles. The van der Waals surface area contributed by atoms with Crippen LogP contribution in [-0.2, 0) is 17.9 Å². The van der Waals surface area contributed by atoms with Crippen molar-refractivity contribution in [2.45, 2.75) is 33.0 Å². The molecular weight excluding hydrogens is 212 g/mol. The van der Waals surface area contributed by atoms with E-state index in [0.717, 1.165) is 13.0 Å². The molecule has 0 spiro atoms. The molecule has 92 valence electrons. The van der Waals surface area contributed by atoms with Gasteiger partial charge in [-0.3, -0.25) is 0 Å². The average Bonchev–Trinajstić information content (AvgIpc) is 2.68. The maximum Gasteiger partial charge on any atom is 0.122 e. The summed E-state index contributed by atoms with van der Waals surface area (Å²) in [6.45, 7) is 5.39. The highest BCUT2D eigenvalue weighted by Gasteiger charge is 2.03. The number of hydrogen-bond donors (Lipinski definition) is 1. The van der Waals surface area contributed by atoms with Gasteiger partial charge in [0.25, 0.3) is 0 Å². The molecule has 17 heavy (non-hydrogen) atoms. The van der Waals surface area contributed by atoms with Crippen molar-refractivity contribution in [2.75, 3.05) is 6.61 Å². The van der Waals surface area contributed by atoms with Crippen LogP contribution in [0.4, 0.5) is 0 Å². The van der Waals surface area contributed by atoms with Crippen LogP contribution >= 0.6 is 0 Å². The van der Waals surface area contributed by atoms with Crippen molar-refractivity contribution >= 4 is 10.9 Å². The first-order valence-electron chi connectivity index (χ1n) is 6.12. The molecule has 1 heterocycles. The summed E-state index contributed by atoms with van der Waals surface area (Å²) in [4.78, 5) is 0. The summed E-state index contributed by atoms with van der Waals surface area (Å²) in [5, 5.41) is 1.25. The van der Waals surface area contributed by atoms with E-state index >= 15 is 0 Å². The van der Waals surface area contributed by atoms with Crippen molar-refractivity contribution < 1.29 is 4.74 Å². The molecule has 1 aromatic carbocycles. The molecule has 3 nitrogen and oxygen atoms in total. The number of fused-ring (bicyclic) bond motifs is 1. The van der Waals surface area contributed by atoms with Gasteiger partial charge in [0.1, 0.15) is 6.73 Å². The Bertz CT molecular complexity index is 488. The summed E-state index contributed by atoms with van der Waals surface area (Å²) in [5.74, 6) is 0. The third kappa shape index (κ3) is 2.87. The van der Waals surface area contributed by atoms with E-state index in [0.29, 0.717) is 6.73 Å². The van der Waals surface area contributed by atoms with E-state index in [9.17, 15) is 0 Å². The van der Waals surface area contributed by atoms with Gasteiger partial charge in [0.2, 0.25) is 0 Å². The molecule has 0 radical (unpaired) electrons. The fraction of sp³-hybridized carbons (Fsp3) is 0.429. The summed E-state index contributed by atoms with van der Waals surface area (Å²) in [6.07, 6.45) is 2.99. The Morgan fingerprint density at radius 1 is 1.35 bits per heavy atom. The van der Waals surface area contributed by atoms with Crippen molar-refractivity contribution in [1.29, 1.82) is 0 Å². The average molecular weight is 232 g/mol. The van der Waals surface area contributed by atoms with Crippen LogP contribution in [0.1, 0.15) is 19.4 Å². The Kier molecular flexibility index (Phi) is 3.82. The molecule has 0 saturated carbocycles. The van der Waals surface area contributed by atoms with Gasteiger partial charge in [0.15, 0.2) is 0 Å². The largest absolute Gasteiger partial charge is 0.361 e. The molecule has 0 bridgehead atoms. The lowest BCUT2D eigenvalue weighted by atomic mass is 10.1. The molecule has 1 aromatic heterocycles. The zero-order valence-corrected chi connectivity index (χ0v) is 10.5. The SMILES string of the molecule is CCOCn1ccc2cc(CC(C)N)ccc21. The van der Waals surface area contributed by atoms with Gasteiger partial charge >= 0.3 is 0 Å². The molecule has 3 heteroatoms. The molecule has 2 N–H and O–H groups in total. The van der Waals surface area contributed by atoms with Crippen LogP contribution in [0, 0.1) is 0 Å². The predicted octanol–water partition coefficient (Wildman–Crippen LogP) is 2.53. The minimum Gasteiger partial charge on any atom is -0.361 e. The quantitative estimate of drug-likeness (QED) is 0.860. The lowest BCUT2D eigenvalue weighted by Crippen LogP contribution is -2.17. The highest BCUT2D eigenvalue weighted by molar-refractivity contribution is 5.80. The first-order chi connectivity index (χ1) is 8.20. The van der Waals surface area contributed by atoms with Gasteiger partial charge in [0, 0.05) is 24.4 Å². The highest BCUT2D eigenvalue weighted by atomic mass is 16.5. The first-order valence-corrected chi connectivity index (χ1v) is 6.12. The fourth-order valence-corrected chi connectivity index (χ4v) is 2.05. The molecular formula is C14H20N2O. The second-order valence-electron chi connectivity index (χ2n) is 4.48. The zero-order valence-electron chi connectivity index (χ0n) is 10.5. The lowest BCUT2D eigenvalue weighted by Gasteiger charge is -2.07. The van der Waals surface area contributed by atoms with E-state index in [1.54, 1.807) is 0 Å². The van der Waals surface area contributed by atoms with Gasteiger partial charge in [-0.15, -0.1) is 0 Å². The van der Waals surface area contributed by atoms with E-state index in [1.807, 2.05) is 13.8 Å². The molecule has 0 fully saturated rings. The second-order valence-corrected chi connectivity index (χ2v) is 4.48. The Hall–Kier alpha value is -1.32. The molecule has 1 unspecified atom stereocenters. The van der Waals surface area contributed by atoms with Crippen LogP contribution < -0.4 is 5.73 Å². The van der Waals surface area contributed by atoms with E-state index in [1.165, 1.54) is 16.5 Å². The summed E-state index contributed by atoms with van der Waals surface area (Å²) in [6, 6.07) is 8.83. The normalized spacial score (nSPS) is 13.1. The van der Waals surface area contributed by atoms with Crippen molar-refractivity contribution in [2.24, 2.45) is 5.73 Å². The number of nitrogens with two attached hydrogens (primary N) is 1. The summed E-state index contributed by atoms with van der Waals surface area (Å²) >= 11 is 0. The van der Waals surface area contributed by atoms with Gasteiger partial charge in [-0.25, -0.2) is 0 Å². The number of aromatic nitrogens is 1. The van der Waals surface area contributed by atoms with Gasteiger partial charge in [0.05, 0.1) is 0 Å². The van der Waals surface area contributed by atoms with Crippen LogP contribution in [0.5, 0.6) is 0 Å². The highest BCUT2D eigenvalue weighted by Crippen LogP contribution is 2.18. The number of rotatable bonds is 5. The van der Waals surface area contributed by atoms with Gasteiger partial charge in [-0.1, -0.05) is 6.07 Å². The van der Waals surface area contributed by atoms with E-state index in [-0.39, 0.29) is 6.04 Å². The third-order valence-corrected chi connectivity index (χ3v) is 2.83. The fourth-order valence-electron chi connectivity index (χ4n) is 2.05. The number of benzene rings is 1. The smallest absolute Gasteiger partial charge is 0.122 e. The Labute approximate surface area is 102 Å². The van der Waals surface area contributed by atoms with Crippen LogP contribution in [0.2, 0.25) is 0 Å². The van der Waals surface area contributed by atoms with Crippen molar-refractivity contribution in [3.63, 3.8) is 0 Å². The molecule has 0 saturated heterocycles. The van der Waals surface area contributed by atoms with E-state index in [4.69, 9.17) is 10.5 Å². The molecule has 2 aromatic rings. The number of ether oxygens (including phenoxy) is 1. The topological polar surface area (TPSA) is 40.2 Å². The van der Waals surface area contributed by atoms with E-state index in [2.05, 4.69) is 35.0 Å². The summed E-state index contributed by atoms with van der Waals surface area (Å²) < 4.78 is 7.54. The van der Waals surface area contributed by atoms with Crippen molar-refractivity contribution in [3.8, 4) is 0 Å². The Morgan fingerprint density at radius 3 is 2.88 bits per heavy atom. The maximum absolute atomic E-state index is 5.81. The van der Waals surface area contributed by atoms with Crippen LogP contribution in [0.15, 0.2) is 30.5 Å². The van der Waals surface area contributed by atoms with Gasteiger partial charge in [-0.2, -0.15) is 0 Å². The minimum absolute atomic E-state index is 0.206. The molecule has 0 aliphatic rings. The Balaban J connectivity index is 2.25. The standard InChI is InChI=1S/C14H20N2O/c1-3-17-10-16-7-6-13-9-12(8-11(2)15)4-5-14(13)16/h4-7,9,11H,3,8,10,15H2,1-2H3. The van der Waals surface area contributed by atoms with Crippen LogP contribution in [-0.4, -0.2) is 17.2 Å². The van der Waals surface area contributed by atoms with Gasteiger partial charge in [-0.05, 0) is 49.4 Å². The summed E-state index contributed by atoms with van der Waals surface area (Å²) in [7, 11) is 0. The Morgan fingerprint density at radius 2 is 2.18 bits per heavy atom. The summed E-state index contributed by atoms with van der Waals surface area (Å²) in [5.41, 5.74) is 8.32. The predicted molar refractivity (Wildman–Crippen MR) is 70.9 cm³/mol. The maximum atomic E-state index is 5.81. The van der Waals surface area contributed by atoms with Crippen LogP contribution in [0.3, 0.4) is 0 Å². The van der Waals surface area contributed by atoms with Gasteiger partial charge < -0.3 is 15.0 Å². The lowest BCUT2D eigenvalue weighted by molar-refractivity contribution is 0.0909. The van der Waals surface area contributed by atoms with Crippen LogP contribution in [0.25, 0.3) is 10.9 Å². The van der Waals surface area contributed by atoms with Crippen molar-refractivity contribution in [1.82, 2.24) is 4.57 Å². The molecule has 2 rings (SSSR count). The molecule has 0 aliphatic heterocycles. The minimum atomic E-state index is 0.206. The zero-order chi connectivity index (χ0) is 12.3. The van der Waals surface area contributed by atoms with Crippen molar-refractivity contribution in [3.05, 3.63) is 36.0 Å². The first kappa shape index (κ1) is 12.1. The molecule has 1 atom stereocenters. The number of nitrogens with zero attached hydrogens (tertiary/aromatic N) is 1. The van der Waals surface area contributed by atoms with E-state index < -0.39 is 0 Å². The molecule has 0 amide bonds. The monoisotopic (exact) mass is 232 g/mol. The number of hydrogen-bond acceptors (Lipinski definition) is 2. The third-order valence-electron chi connectivity index (χ3n) is 2.83. The second kappa shape index (κ2) is 5.34.